The van der Waals surface area contributed by atoms with Crippen LogP contribution >= 0.6 is 11.6 Å². The number of anilines is 1. The van der Waals surface area contributed by atoms with Gasteiger partial charge in [0.2, 0.25) is 10.0 Å². The van der Waals surface area contributed by atoms with E-state index in [4.69, 9.17) is 16.3 Å². The Labute approximate surface area is 181 Å². The lowest BCUT2D eigenvalue weighted by Crippen LogP contribution is -2.37. The van der Waals surface area contributed by atoms with E-state index in [-0.39, 0.29) is 15.5 Å². The van der Waals surface area contributed by atoms with Crippen LogP contribution in [0.25, 0.3) is 0 Å². The molecule has 0 aliphatic carbocycles. The number of hydrogen-bond donors (Lipinski definition) is 0. The van der Waals surface area contributed by atoms with E-state index < -0.39 is 28.0 Å². The number of esters is 1. The Morgan fingerprint density at radius 2 is 1.73 bits per heavy atom. The minimum Gasteiger partial charge on any atom is -0.449 e. The Kier molecular flexibility index (Phi) is 6.80. The maximum Gasteiger partial charge on any atom is 0.338 e. The van der Waals surface area contributed by atoms with E-state index >= 15 is 0 Å². The molecule has 7 nitrogen and oxygen atoms in total. The van der Waals surface area contributed by atoms with Crippen LogP contribution in [0.4, 0.5) is 5.69 Å². The molecule has 2 aromatic carbocycles. The molecule has 1 amide bonds. The quantitative estimate of drug-likeness (QED) is 0.630. The lowest BCUT2D eigenvalue weighted by Gasteiger charge is -2.22. The topological polar surface area (TPSA) is 84.0 Å². The van der Waals surface area contributed by atoms with Gasteiger partial charge in [-0.15, -0.1) is 0 Å². The molecule has 1 aliphatic rings. The van der Waals surface area contributed by atoms with Crippen molar-refractivity contribution < 1.29 is 22.7 Å². The highest BCUT2D eigenvalue weighted by atomic mass is 35.5. The third-order valence-corrected chi connectivity index (χ3v) is 7.34. The molecule has 9 heteroatoms. The predicted octanol–water partition coefficient (Wildman–Crippen LogP) is 3.33. The highest BCUT2D eigenvalue weighted by Gasteiger charge is 2.30. The van der Waals surface area contributed by atoms with Gasteiger partial charge in [-0.05, 0) is 50.1 Å². The number of likely N-dealkylation sites (N-methyl/N-ethyl adjacent to an activating group) is 1. The third-order valence-electron chi connectivity index (χ3n) is 4.96. The van der Waals surface area contributed by atoms with Crippen molar-refractivity contribution in [2.24, 2.45) is 0 Å². The first-order valence-corrected chi connectivity index (χ1v) is 11.4. The Balaban J connectivity index is 1.76. The molecular weight excluding hydrogens is 428 g/mol. The summed E-state index contributed by atoms with van der Waals surface area (Å²) in [6.45, 7) is 2.31. The predicted molar refractivity (Wildman–Crippen MR) is 114 cm³/mol. The van der Waals surface area contributed by atoms with Crippen LogP contribution in [0, 0.1) is 0 Å². The summed E-state index contributed by atoms with van der Waals surface area (Å²) < 4.78 is 32.3. The van der Waals surface area contributed by atoms with Gasteiger partial charge in [-0.25, -0.2) is 13.2 Å². The molecule has 1 fully saturated rings. The average Bonchev–Trinajstić information content (AvgIpc) is 3.29. The number of carbonyl (C=O) groups is 2. The summed E-state index contributed by atoms with van der Waals surface area (Å²) >= 11 is 6.11. The Bertz CT molecular complexity index is 1040. The first-order chi connectivity index (χ1) is 14.2. The molecule has 0 spiro atoms. The molecule has 0 unspecified atom stereocenters. The number of sulfonamides is 1. The largest absolute Gasteiger partial charge is 0.449 e. The molecule has 1 saturated heterocycles. The summed E-state index contributed by atoms with van der Waals surface area (Å²) in [7, 11) is -2.21. The number of ether oxygens (including phenoxy) is 1. The van der Waals surface area contributed by atoms with Crippen molar-refractivity contribution in [3.8, 4) is 0 Å². The van der Waals surface area contributed by atoms with Crippen LogP contribution in [-0.2, 0) is 19.6 Å². The second-order valence-electron chi connectivity index (χ2n) is 7.04. The van der Waals surface area contributed by atoms with E-state index in [2.05, 4.69) is 0 Å². The SMILES string of the molecule is C[C@H](OC(=O)c1ccc(Cl)c(S(=O)(=O)N2CCCC2)c1)C(=O)N(C)c1ccccc1. The van der Waals surface area contributed by atoms with E-state index in [1.165, 1.54) is 34.3 Å². The third kappa shape index (κ3) is 4.66. The molecule has 1 aliphatic heterocycles. The van der Waals surface area contributed by atoms with Gasteiger partial charge in [0.05, 0.1) is 10.6 Å². The second-order valence-corrected chi connectivity index (χ2v) is 9.35. The molecule has 1 heterocycles. The zero-order chi connectivity index (χ0) is 21.9. The molecule has 0 aromatic heterocycles. The molecule has 0 radical (unpaired) electrons. The van der Waals surface area contributed by atoms with E-state index in [1.54, 1.807) is 31.3 Å². The maximum atomic E-state index is 12.8. The van der Waals surface area contributed by atoms with Gasteiger partial charge in [0.25, 0.3) is 5.91 Å². The van der Waals surface area contributed by atoms with Gasteiger partial charge in [0.15, 0.2) is 6.10 Å². The van der Waals surface area contributed by atoms with Crippen molar-refractivity contribution in [2.45, 2.75) is 30.8 Å². The van der Waals surface area contributed by atoms with Gasteiger partial charge in [-0.1, -0.05) is 29.8 Å². The van der Waals surface area contributed by atoms with Crippen LogP contribution in [0.1, 0.15) is 30.1 Å². The number of benzene rings is 2. The minimum absolute atomic E-state index is 0.0131. The minimum atomic E-state index is -3.80. The molecule has 0 N–H and O–H groups in total. The first-order valence-electron chi connectivity index (χ1n) is 9.55. The van der Waals surface area contributed by atoms with Crippen molar-refractivity contribution in [3.05, 3.63) is 59.1 Å². The van der Waals surface area contributed by atoms with Crippen LogP contribution in [0.2, 0.25) is 5.02 Å². The summed E-state index contributed by atoms with van der Waals surface area (Å²) in [5.41, 5.74) is 0.676. The highest BCUT2D eigenvalue weighted by molar-refractivity contribution is 7.89. The van der Waals surface area contributed by atoms with Gasteiger partial charge >= 0.3 is 5.97 Å². The summed E-state index contributed by atoms with van der Waals surface area (Å²) in [4.78, 5) is 26.4. The number of nitrogens with zero attached hydrogens (tertiary/aromatic N) is 2. The molecular formula is C21H23ClN2O5S. The Morgan fingerprint density at radius 1 is 1.10 bits per heavy atom. The van der Waals surface area contributed by atoms with Gasteiger partial charge in [-0.2, -0.15) is 4.31 Å². The first kappa shape index (κ1) is 22.3. The van der Waals surface area contributed by atoms with E-state index in [9.17, 15) is 18.0 Å². The van der Waals surface area contributed by atoms with Crippen molar-refractivity contribution in [3.63, 3.8) is 0 Å². The van der Waals surface area contributed by atoms with Gasteiger partial charge < -0.3 is 9.64 Å². The number of carbonyl (C=O) groups excluding carboxylic acids is 2. The molecule has 30 heavy (non-hydrogen) atoms. The van der Waals surface area contributed by atoms with E-state index in [0.717, 1.165) is 12.8 Å². The van der Waals surface area contributed by atoms with Crippen molar-refractivity contribution in [1.29, 1.82) is 0 Å². The summed E-state index contributed by atoms with van der Waals surface area (Å²) in [5, 5.41) is 0.0337. The number of para-hydroxylation sites is 1. The number of amides is 1. The van der Waals surface area contributed by atoms with Gasteiger partial charge in [0.1, 0.15) is 4.90 Å². The van der Waals surface area contributed by atoms with E-state index in [0.29, 0.717) is 18.8 Å². The Morgan fingerprint density at radius 3 is 2.37 bits per heavy atom. The molecule has 3 rings (SSSR count). The summed E-state index contributed by atoms with van der Waals surface area (Å²) in [5.74, 6) is -1.21. The van der Waals surface area contributed by atoms with Crippen molar-refractivity contribution in [2.75, 3.05) is 25.0 Å². The van der Waals surface area contributed by atoms with Gasteiger partial charge in [-0.3, -0.25) is 4.79 Å². The van der Waals surface area contributed by atoms with Crippen LogP contribution < -0.4 is 4.90 Å². The molecule has 0 bridgehead atoms. The smallest absolute Gasteiger partial charge is 0.338 e. The number of halogens is 1. The summed E-state index contributed by atoms with van der Waals surface area (Å²) in [6, 6.07) is 12.9. The maximum absolute atomic E-state index is 12.8. The monoisotopic (exact) mass is 450 g/mol. The standard InChI is InChI=1S/C21H23ClN2O5S/c1-15(20(25)23(2)17-8-4-3-5-9-17)29-21(26)16-10-11-18(22)19(14-16)30(27,28)24-12-6-7-13-24/h3-5,8-11,14-15H,6-7,12-13H2,1-2H3/t15-/m0/s1. The fourth-order valence-electron chi connectivity index (χ4n) is 3.23. The Hall–Kier alpha value is -2.42. The lowest BCUT2D eigenvalue weighted by molar-refractivity contribution is -0.126. The van der Waals surface area contributed by atoms with Crippen LogP contribution in [0.5, 0.6) is 0 Å². The zero-order valence-corrected chi connectivity index (χ0v) is 18.3. The van der Waals surface area contributed by atoms with Crippen molar-refractivity contribution in [1.82, 2.24) is 4.31 Å². The molecule has 1 atom stereocenters. The highest BCUT2D eigenvalue weighted by Crippen LogP contribution is 2.28. The molecule has 2 aromatic rings. The number of rotatable bonds is 6. The number of hydrogen-bond acceptors (Lipinski definition) is 5. The van der Waals surface area contributed by atoms with Crippen molar-refractivity contribution >= 4 is 39.2 Å². The molecule has 0 saturated carbocycles. The lowest BCUT2D eigenvalue weighted by atomic mass is 10.2. The second kappa shape index (κ2) is 9.16. The average molecular weight is 451 g/mol. The zero-order valence-electron chi connectivity index (χ0n) is 16.7. The normalized spacial score (nSPS) is 15.6. The van der Waals surface area contributed by atoms with Crippen LogP contribution in [0.15, 0.2) is 53.4 Å². The van der Waals surface area contributed by atoms with E-state index in [1.807, 2.05) is 6.07 Å². The van der Waals surface area contributed by atoms with Crippen LogP contribution in [0.3, 0.4) is 0 Å². The van der Waals surface area contributed by atoms with Crippen LogP contribution in [-0.4, -0.2) is 50.8 Å². The fraction of sp³-hybridized carbons (Fsp3) is 0.333. The fourth-order valence-corrected chi connectivity index (χ4v) is 5.24. The molecule has 160 valence electrons. The van der Waals surface area contributed by atoms with Gasteiger partial charge in [0, 0.05) is 25.8 Å². The summed E-state index contributed by atoms with van der Waals surface area (Å²) in [6.07, 6.45) is 0.511.